The summed E-state index contributed by atoms with van der Waals surface area (Å²) in [7, 11) is 0. The highest BCUT2D eigenvalue weighted by Crippen LogP contribution is 2.44. The third kappa shape index (κ3) is 4.54. The Bertz CT molecular complexity index is 549. The first kappa shape index (κ1) is 21.1. The second-order valence-electron chi connectivity index (χ2n) is 6.41. The largest absolute Gasteiger partial charge is 0.454 e. The molecule has 2 fully saturated rings. The highest BCUT2D eigenvalue weighted by molar-refractivity contribution is 9.10. The molecule has 2 saturated heterocycles. The van der Waals surface area contributed by atoms with Gasteiger partial charge in [0.15, 0.2) is 11.5 Å². The number of hydrogen-bond acceptors (Lipinski definition) is 5. The maximum absolute atomic E-state index is 5.62. The van der Waals surface area contributed by atoms with Gasteiger partial charge in [-0.3, -0.25) is 4.90 Å². The van der Waals surface area contributed by atoms with E-state index in [-0.39, 0.29) is 24.8 Å². The molecule has 4 rings (SSSR count). The SMILES string of the molecule is Brc1cc2c(cc1[C@@H](C1CCOCC1)N1CCNCC1)OCO2.Cl.Cl. The summed E-state index contributed by atoms with van der Waals surface area (Å²) in [5.74, 6) is 2.33. The Labute approximate surface area is 169 Å². The highest BCUT2D eigenvalue weighted by atomic mass is 79.9. The normalized spacial score (nSPS) is 22.0. The number of nitrogens with one attached hydrogen (secondary N) is 1. The van der Waals surface area contributed by atoms with Crippen LogP contribution < -0.4 is 14.8 Å². The molecule has 0 radical (unpaired) electrons. The number of fused-ring (bicyclic) bond motifs is 1. The van der Waals surface area contributed by atoms with Crippen LogP contribution in [0.4, 0.5) is 0 Å². The van der Waals surface area contributed by atoms with Crippen molar-refractivity contribution >= 4 is 40.7 Å². The fourth-order valence-electron chi connectivity index (χ4n) is 3.90. The lowest BCUT2D eigenvalue weighted by Gasteiger charge is -2.41. The van der Waals surface area contributed by atoms with E-state index >= 15 is 0 Å². The maximum atomic E-state index is 5.62. The van der Waals surface area contributed by atoms with Crippen LogP contribution in [-0.2, 0) is 4.74 Å². The van der Waals surface area contributed by atoms with Crippen LogP contribution >= 0.6 is 40.7 Å². The standard InChI is InChI=1S/C17H23BrN2O3.2ClH/c18-14-10-16-15(22-11-23-16)9-13(14)17(12-1-7-21-8-2-12)20-5-3-19-4-6-20;;/h9-10,12,17,19H,1-8,11H2;2*1H/t17-;;/m1../s1. The Morgan fingerprint density at radius 1 is 1.04 bits per heavy atom. The summed E-state index contributed by atoms with van der Waals surface area (Å²) in [5, 5.41) is 3.46. The van der Waals surface area contributed by atoms with Gasteiger partial charge in [-0.05, 0) is 36.5 Å². The summed E-state index contributed by atoms with van der Waals surface area (Å²) in [4.78, 5) is 2.62. The Balaban J connectivity index is 0.00000113. The number of halogens is 3. The molecule has 0 amide bonds. The molecule has 5 nitrogen and oxygen atoms in total. The van der Waals surface area contributed by atoms with Gasteiger partial charge in [-0.1, -0.05) is 15.9 Å². The number of benzene rings is 1. The topological polar surface area (TPSA) is 43.0 Å². The van der Waals surface area contributed by atoms with Crippen LogP contribution in [0.25, 0.3) is 0 Å². The van der Waals surface area contributed by atoms with Gasteiger partial charge >= 0.3 is 0 Å². The van der Waals surface area contributed by atoms with E-state index in [1.54, 1.807) is 0 Å². The molecule has 25 heavy (non-hydrogen) atoms. The molecule has 0 saturated carbocycles. The van der Waals surface area contributed by atoms with Gasteiger partial charge in [0.05, 0.1) is 0 Å². The minimum atomic E-state index is 0. The zero-order valence-electron chi connectivity index (χ0n) is 14.0. The molecule has 3 aliphatic heterocycles. The van der Waals surface area contributed by atoms with Crippen molar-refractivity contribution in [1.29, 1.82) is 0 Å². The molecule has 0 aliphatic carbocycles. The molecule has 0 aromatic heterocycles. The molecule has 1 aromatic rings. The molecule has 0 bridgehead atoms. The summed E-state index contributed by atoms with van der Waals surface area (Å²) < 4.78 is 17.8. The van der Waals surface area contributed by atoms with E-state index in [4.69, 9.17) is 14.2 Å². The van der Waals surface area contributed by atoms with Gasteiger partial charge in [-0.15, -0.1) is 24.8 Å². The number of piperazine rings is 1. The van der Waals surface area contributed by atoms with E-state index in [0.717, 1.165) is 68.2 Å². The lowest BCUT2D eigenvalue weighted by atomic mass is 9.85. The first-order valence-corrected chi connectivity index (χ1v) is 9.24. The summed E-state index contributed by atoms with van der Waals surface area (Å²) in [6.45, 7) is 6.35. The number of nitrogens with zero attached hydrogens (tertiary/aromatic N) is 1. The quantitative estimate of drug-likeness (QED) is 0.756. The van der Waals surface area contributed by atoms with Gasteiger partial charge in [0.25, 0.3) is 0 Å². The van der Waals surface area contributed by atoms with E-state index in [2.05, 4.69) is 38.3 Å². The number of rotatable bonds is 3. The fraction of sp³-hybridized carbons (Fsp3) is 0.647. The minimum Gasteiger partial charge on any atom is -0.454 e. The van der Waals surface area contributed by atoms with E-state index in [9.17, 15) is 0 Å². The van der Waals surface area contributed by atoms with Gasteiger partial charge in [-0.25, -0.2) is 0 Å². The van der Waals surface area contributed by atoms with Gasteiger partial charge in [-0.2, -0.15) is 0 Å². The molecule has 1 atom stereocenters. The Kier molecular flexibility index (Phi) is 8.11. The highest BCUT2D eigenvalue weighted by Gasteiger charge is 2.33. The number of ether oxygens (including phenoxy) is 3. The Morgan fingerprint density at radius 2 is 1.68 bits per heavy atom. The Morgan fingerprint density at radius 3 is 2.36 bits per heavy atom. The van der Waals surface area contributed by atoms with E-state index in [1.165, 1.54) is 5.56 Å². The molecule has 3 heterocycles. The monoisotopic (exact) mass is 454 g/mol. The van der Waals surface area contributed by atoms with Crippen molar-refractivity contribution in [2.45, 2.75) is 18.9 Å². The Hall–Kier alpha value is -0.240. The van der Waals surface area contributed by atoms with Crippen molar-refractivity contribution in [3.8, 4) is 11.5 Å². The molecular formula is C17H25BrCl2N2O3. The predicted octanol–water partition coefficient (Wildman–Crippen LogP) is 3.39. The van der Waals surface area contributed by atoms with Crippen LogP contribution in [0.15, 0.2) is 16.6 Å². The zero-order valence-corrected chi connectivity index (χ0v) is 17.3. The smallest absolute Gasteiger partial charge is 0.231 e. The fourth-order valence-corrected chi connectivity index (χ4v) is 4.46. The van der Waals surface area contributed by atoms with Crippen LogP contribution in [0.1, 0.15) is 24.4 Å². The summed E-state index contributed by atoms with van der Waals surface area (Å²) in [5.41, 5.74) is 1.32. The zero-order chi connectivity index (χ0) is 15.6. The first-order valence-electron chi connectivity index (χ1n) is 8.44. The van der Waals surface area contributed by atoms with E-state index < -0.39 is 0 Å². The van der Waals surface area contributed by atoms with Crippen molar-refractivity contribution < 1.29 is 14.2 Å². The second kappa shape index (κ2) is 9.62. The summed E-state index contributed by atoms with van der Waals surface area (Å²) >= 11 is 3.77. The van der Waals surface area contributed by atoms with Crippen molar-refractivity contribution in [3.63, 3.8) is 0 Å². The molecular weight excluding hydrogens is 431 g/mol. The third-order valence-electron chi connectivity index (χ3n) is 5.07. The summed E-state index contributed by atoms with van der Waals surface area (Å²) in [6.07, 6.45) is 2.24. The van der Waals surface area contributed by atoms with Crippen LogP contribution in [0, 0.1) is 5.92 Å². The first-order chi connectivity index (χ1) is 11.3. The van der Waals surface area contributed by atoms with Crippen LogP contribution in [0.2, 0.25) is 0 Å². The van der Waals surface area contributed by atoms with Crippen LogP contribution in [0.5, 0.6) is 11.5 Å². The molecule has 142 valence electrons. The van der Waals surface area contributed by atoms with Gasteiger partial charge in [0.2, 0.25) is 6.79 Å². The molecule has 8 heteroatoms. The van der Waals surface area contributed by atoms with Gasteiger partial charge in [0, 0.05) is 49.9 Å². The second-order valence-corrected chi connectivity index (χ2v) is 7.26. The van der Waals surface area contributed by atoms with Crippen molar-refractivity contribution in [2.75, 3.05) is 46.2 Å². The third-order valence-corrected chi connectivity index (χ3v) is 5.75. The van der Waals surface area contributed by atoms with E-state index in [0.29, 0.717) is 18.8 Å². The lowest BCUT2D eigenvalue weighted by molar-refractivity contribution is 0.0210. The molecule has 0 unspecified atom stereocenters. The predicted molar refractivity (Wildman–Crippen MR) is 105 cm³/mol. The van der Waals surface area contributed by atoms with Crippen molar-refractivity contribution in [3.05, 3.63) is 22.2 Å². The lowest BCUT2D eigenvalue weighted by Crippen LogP contribution is -2.47. The van der Waals surface area contributed by atoms with Gasteiger partial charge < -0.3 is 19.5 Å². The van der Waals surface area contributed by atoms with Crippen LogP contribution in [0.3, 0.4) is 0 Å². The van der Waals surface area contributed by atoms with E-state index in [1.807, 2.05) is 0 Å². The van der Waals surface area contributed by atoms with Crippen molar-refractivity contribution in [2.24, 2.45) is 5.92 Å². The molecule has 0 spiro atoms. The number of hydrogen-bond donors (Lipinski definition) is 1. The molecule has 1 aromatic carbocycles. The minimum absolute atomic E-state index is 0. The van der Waals surface area contributed by atoms with Crippen LogP contribution in [-0.4, -0.2) is 51.1 Å². The molecule has 3 aliphatic rings. The average molecular weight is 456 g/mol. The molecule has 1 N–H and O–H groups in total. The van der Waals surface area contributed by atoms with Gasteiger partial charge in [0.1, 0.15) is 0 Å². The average Bonchev–Trinajstić information content (AvgIpc) is 3.04. The summed E-state index contributed by atoms with van der Waals surface area (Å²) in [6, 6.07) is 4.64. The maximum Gasteiger partial charge on any atom is 0.231 e. The van der Waals surface area contributed by atoms with Crippen molar-refractivity contribution in [1.82, 2.24) is 10.2 Å².